The Morgan fingerprint density at radius 3 is 1.73 bits per heavy atom. The molecule has 22 nitrogen and oxygen atoms in total. The molecule has 1 aliphatic heterocycles. The predicted octanol–water partition coefficient (Wildman–Crippen LogP) is 4.80. The SMILES string of the molecule is CCC1CC2CC(C)C(NC(=O)c3cc(-c4c(OC)cccc4OC)n(-c4ccc(N(C)CCCN(C)CCCN(C)C(=O)CN5CCN(CC(=O)O)CCN(CC(=O)O)CCN(CC(=O)O)CC5)cc4C(C)C)n3)(C(=O)O)C(C1)C2. The van der Waals surface area contributed by atoms with Crippen molar-refractivity contribution in [1.82, 2.24) is 44.5 Å². The molecule has 0 radical (unpaired) electrons. The summed E-state index contributed by atoms with van der Waals surface area (Å²) >= 11 is 0. The standard InChI is InChI=1S/C59H90N10O12/c1-10-42-31-43-30-41(4)59(58(78)79,44(32-42)33-43)60-57(77)47-35-49(56-50(80-8)14-11-15-51(56)81-9)69(61-47)48-17-16-45(34-46(48)40(2)3)63(6)20-12-18-62(5)19-13-21-64(7)52(70)36-65-22-24-66(37-53(71)72)26-28-68(39-55(75)76)29-27-67(25-23-65)38-54(73)74/h11,14-17,34-35,40-44H,10,12-13,18-33,36-39H2,1-9H3,(H,60,77)(H,71,72)(H,73,74)(H,75,76)(H,78,79). The molecule has 5 atom stereocenters. The van der Waals surface area contributed by atoms with Crippen molar-refractivity contribution in [3.05, 3.63) is 53.7 Å². The van der Waals surface area contributed by atoms with Gasteiger partial charge in [0, 0.05) is 85.2 Å². The number of nitrogens with one attached hydrogen (secondary N) is 1. The number of hydrogen-bond donors (Lipinski definition) is 5. The molecule has 2 saturated carbocycles. The summed E-state index contributed by atoms with van der Waals surface area (Å²) in [6, 6.07) is 13.4. The molecule has 448 valence electrons. The number of ether oxygens (including phenoxy) is 2. The van der Waals surface area contributed by atoms with Crippen molar-refractivity contribution < 1.29 is 58.7 Å². The Hall–Kier alpha value is -6.33. The van der Waals surface area contributed by atoms with Crippen LogP contribution in [0.5, 0.6) is 11.5 Å². The fourth-order valence-corrected chi connectivity index (χ4v) is 12.5. The highest BCUT2D eigenvalue weighted by Crippen LogP contribution is 2.51. The lowest BCUT2D eigenvalue weighted by Gasteiger charge is -2.52. The molecule has 5 N–H and O–H groups in total. The molecule has 1 aromatic heterocycles. The third-order valence-corrected chi connectivity index (χ3v) is 17.0. The average Bonchev–Trinajstić information content (AvgIpc) is 4.13. The Kier molecular flexibility index (Phi) is 23.3. The van der Waals surface area contributed by atoms with Crippen LogP contribution in [0.3, 0.4) is 0 Å². The van der Waals surface area contributed by atoms with Crippen molar-refractivity contribution in [1.29, 1.82) is 0 Å². The number of aromatic nitrogens is 2. The lowest BCUT2D eigenvalue weighted by Crippen LogP contribution is -2.66. The molecule has 2 bridgehead atoms. The molecule has 2 aliphatic carbocycles. The molecule has 2 amide bonds. The number of anilines is 1. The molecule has 0 spiro atoms. The van der Waals surface area contributed by atoms with Crippen LogP contribution in [0.25, 0.3) is 16.9 Å². The number of carboxylic acid groups (broad SMARTS) is 4. The number of carboxylic acids is 4. The topological polar surface area (TPSA) is 254 Å². The normalized spacial score (nSPS) is 21.7. The van der Waals surface area contributed by atoms with E-state index in [-0.39, 0.29) is 55.5 Å². The number of rotatable bonds is 26. The summed E-state index contributed by atoms with van der Waals surface area (Å²) in [7, 11) is 9.05. The van der Waals surface area contributed by atoms with Crippen LogP contribution in [0, 0.1) is 23.7 Å². The third-order valence-electron chi connectivity index (χ3n) is 17.0. The highest BCUT2D eigenvalue weighted by Gasteiger charge is 2.57. The second-order valence-electron chi connectivity index (χ2n) is 23.1. The first kappa shape index (κ1) is 63.8. The summed E-state index contributed by atoms with van der Waals surface area (Å²) in [5, 5.41) is 47.8. The minimum absolute atomic E-state index is 0.0307. The van der Waals surface area contributed by atoms with E-state index in [0.717, 1.165) is 81.5 Å². The zero-order valence-electron chi connectivity index (χ0n) is 49.3. The highest BCUT2D eigenvalue weighted by molar-refractivity contribution is 5.98. The Bertz CT molecular complexity index is 2580. The first-order valence-corrected chi connectivity index (χ1v) is 28.8. The average molecular weight is 1130 g/mol. The predicted molar refractivity (Wildman–Crippen MR) is 309 cm³/mol. The van der Waals surface area contributed by atoms with E-state index in [1.54, 1.807) is 51.6 Å². The van der Waals surface area contributed by atoms with Gasteiger partial charge in [0.05, 0.1) is 57.3 Å². The number of amides is 2. The smallest absolute Gasteiger partial charge is 0.329 e. The summed E-state index contributed by atoms with van der Waals surface area (Å²) in [5.74, 6) is -3.21. The third kappa shape index (κ3) is 16.9. The fraction of sp³-hybridized carbons (Fsp3) is 0.644. The molecular formula is C59H90N10O12. The molecule has 1 saturated heterocycles. The number of hydrogen-bond acceptors (Lipinski definition) is 15. The van der Waals surface area contributed by atoms with Crippen LogP contribution < -0.4 is 19.7 Å². The minimum Gasteiger partial charge on any atom is -0.496 e. The van der Waals surface area contributed by atoms with Gasteiger partial charge < -0.3 is 49.9 Å². The molecule has 2 aromatic carbocycles. The maximum atomic E-state index is 14.7. The molecule has 22 heteroatoms. The van der Waals surface area contributed by atoms with Gasteiger partial charge in [-0.05, 0) is 130 Å². The van der Waals surface area contributed by atoms with Crippen LogP contribution >= 0.6 is 0 Å². The number of carbonyl (C=O) groups excluding carboxylic acids is 2. The molecule has 5 unspecified atom stereocenters. The number of fused-ring (bicyclic) bond motifs is 2. The van der Waals surface area contributed by atoms with Gasteiger partial charge in [-0.25, -0.2) is 9.48 Å². The van der Waals surface area contributed by atoms with Crippen LogP contribution in [0.1, 0.15) is 94.6 Å². The van der Waals surface area contributed by atoms with E-state index >= 15 is 0 Å². The summed E-state index contributed by atoms with van der Waals surface area (Å²) < 4.78 is 13.5. The number of nitrogens with zero attached hydrogens (tertiary/aromatic N) is 9. The highest BCUT2D eigenvalue weighted by atomic mass is 16.5. The zero-order valence-corrected chi connectivity index (χ0v) is 49.3. The second-order valence-corrected chi connectivity index (χ2v) is 23.1. The molecule has 6 rings (SSSR count). The summed E-state index contributed by atoms with van der Waals surface area (Å²) in [4.78, 5) is 90.0. The molecule has 3 aliphatic rings. The fourth-order valence-electron chi connectivity index (χ4n) is 12.5. The van der Waals surface area contributed by atoms with Gasteiger partial charge in [0.15, 0.2) is 5.69 Å². The van der Waals surface area contributed by atoms with E-state index in [1.165, 1.54) is 0 Å². The van der Waals surface area contributed by atoms with Gasteiger partial charge >= 0.3 is 23.9 Å². The van der Waals surface area contributed by atoms with Gasteiger partial charge in [0.1, 0.15) is 17.0 Å². The maximum absolute atomic E-state index is 14.7. The van der Waals surface area contributed by atoms with Crippen molar-refractivity contribution in [3.8, 4) is 28.4 Å². The molecule has 3 fully saturated rings. The van der Waals surface area contributed by atoms with Crippen molar-refractivity contribution >= 4 is 41.4 Å². The Morgan fingerprint density at radius 1 is 0.704 bits per heavy atom. The zero-order chi connectivity index (χ0) is 59.1. The van der Waals surface area contributed by atoms with Crippen molar-refractivity contribution in [2.45, 2.75) is 84.1 Å². The van der Waals surface area contributed by atoms with Crippen LogP contribution in [-0.4, -0.2) is 241 Å². The van der Waals surface area contributed by atoms with Crippen LogP contribution in [0.15, 0.2) is 42.5 Å². The van der Waals surface area contributed by atoms with Crippen molar-refractivity contribution in [2.24, 2.45) is 23.7 Å². The number of carbonyl (C=O) groups is 6. The lowest BCUT2D eigenvalue weighted by molar-refractivity contribution is -0.155. The Labute approximate surface area is 477 Å². The van der Waals surface area contributed by atoms with Crippen LogP contribution in [-0.2, 0) is 24.0 Å². The first-order chi connectivity index (χ1) is 38.6. The van der Waals surface area contributed by atoms with Gasteiger partial charge in [0.25, 0.3) is 5.91 Å². The maximum Gasteiger partial charge on any atom is 0.329 e. The second kappa shape index (κ2) is 29.6. The number of likely N-dealkylation sites (N-methyl/N-ethyl adjacent to an activating group) is 1. The molecule has 3 aromatic rings. The summed E-state index contributed by atoms with van der Waals surface area (Å²) in [5.41, 5.74) is 2.54. The lowest BCUT2D eigenvalue weighted by atomic mass is 9.56. The van der Waals surface area contributed by atoms with Crippen LogP contribution in [0.2, 0.25) is 0 Å². The van der Waals surface area contributed by atoms with Crippen molar-refractivity contribution in [2.75, 3.05) is 145 Å². The molecular weight excluding hydrogens is 1040 g/mol. The first-order valence-electron chi connectivity index (χ1n) is 28.8. The van der Waals surface area contributed by atoms with E-state index in [4.69, 9.17) is 14.6 Å². The molecule has 2 heterocycles. The number of benzene rings is 2. The Balaban J connectivity index is 1.10. The summed E-state index contributed by atoms with van der Waals surface area (Å²) in [6.07, 6.45) is 5.93. The van der Waals surface area contributed by atoms with Gasteiger partial charge in [-0.15, -0.1) is 0 Å². The van der Waals surface area contributed by atoms with E-state index < -0.39 is 35.3 Å². The van der Waals surface area contributed by atoms with Gasteiger partial charge in [-0.3, -0.25) is 43.6 Å². The number of aliphatic carboxylic acids is 4. The van der Waals surface area contributed by atoms with E-state index in [0.29, 0.717) is 93.5 Å². The van der Waals surface area contributed by atoms with Crippen LogP contribution in [0.4, 0.5) is 5.69 Å². The Morgan fingerprint density at radius 2 is 1.23 bits per heavy atom. The van der Waals surface area contributed by atoms with Crippen molar-refractivity contribution in [3.63, 3.8) is 0 Å². The van der Waals surface area contributed by atoms with Gasteiger partial charge in [0.2, 0.25) is 5.91 Å². The van der Waals surface area contributed by atoms with E-state index in [9.17, 15) is 49.2 Å². The van der Waals surface area contributed by atoms with Gasteiger partial charge in [-0.1, -0.05) is 40.2 Å². The quantitative estimate of drug-likeness (QED) is 0.0724. The largest absolute Gasteiger partial charge is 0.496 e. The number of methoxy groups -OCH3 is 2. The van der Waals surface area contributed by atoms with E-state index in [2.05, 4.69) is 56.0 Å². The monoisotopic (exact) mass is 1130 g/mol. The van der Waals surface area contributed by atoms with Gasteiger partial charge in [-0.2, -0.15) is 5.10 Å². The minimum atomic E-state index is -1.43. The summed E-state index contributed by atoms with van der Waals surface area (Å²) in [6.45, 7) is 13.2. The van der Waals surface area contributed by atoms with E-state index in [1.807, 2.05) is 42.2 Å². The molecule has 81 heavy (non-hydrogen) atoms.